The van der Waals surface area contributed by atoms with Gasteiger partial charge in [0.15, 0.2) is 0 Å². The van der Waals surface area contributed by atoms with Gasteiger partial charge in [-0.15, -0.1) is 0 Å². The Morgan fingerprint density at radius 2 is 1.76 bits per heavy atom. The summed E-state index contributed by atoms with van der Waals surface area (Å²) in [6, 6.07) is 5.76. The second-order valence-electron chi connectivity index (χ2n) is 5.93. The van der Waals surface area contributed by atoms with Crippen LogP contribution in [0.25, 0.3) is 0 Å². The number of aryl methyl sites for hydroxylation is 1. The summed E-state index contributed by atoms with van der Waals surface area (Å²) in [5.74, 6) is 0. The molecule has 1 rings (SSSR count). The van der Waals surface area contributed by atoms with Crippen LogP contribution in [0.2, 0.25) is 0 Å². The molecule has 0 aliphatic heterocycles. The Balaban J connectivity index is 3.18. The van der Waals surface area contributed by atoms with Crippen molar-refractivity contribution in [2.75, 3.05) is 7.05 Å². The third kappa shape index (κ3) is 4.53. The third-order valence-electron chi connectivity index (χ3n) is 3.66. The summed E-state index contributed by atoms with van der Waals surface area (Å²) in [6.45, 7) is 10.7. The Labute approximate surface area is 129 Å². The fourth-order valence-electron chi connectivity index (χ4n) is 2.03. The van der Waals surface area contributed by atoms with Crippen molar-refractivity contribution in [3.63, 3.8) is 0 Å². The summed E-state index contributed by atoms with van der Waals surface area (Å²) < 4.78 is 26.5. The van der Waals surface area contributed by atoms with Gasteiger partial charge in [-0.05, 0) is 43.5 Å². The first-order valence-corrected chi connectivity index (χ1v) is 8.97. The maximum absolute atomic E-state index is 12.6. The van der Waals surface area contributed by atoms with Crippen molar-refractivity contribution in [1.29, 1.82) is 0 Å². The van der Waals surface area contributed by atoms with E-state index in [1.54, 1.807) is 13.1 Å². The fraction of sp³-hybridized carbons (Fsp3) is 0.625. The number of sulfonamides is 1. The molecule has 1 aromatic rings. The molecule has 21 heavy (non-hydrogen) atoms. The van der Waals surface area contributed by atoms with Gasteiger partial charge in [0.2, 0.25) is 10.0 Å². The number of hydrogen-bond donors (Lipinski definition) is 1. The lowest BCUT2D eigenvalue weighted by molar-refractivity contribution is 0.410. The highest BCUT2D eigenvalue weighted by Gasteiger charge is 2.23. The molecular formula is C16H28N2O2S. The summed E-state index contributed by atoms with van der Waals surface area (Å²) in [6.07, 6.45) is 0.898. The minimum Gasteiger partial charge on any atom is -0.310 e. The Bertz CT molecular complexity index is 566. The second kappa shape index (κ2) is 7.38. The molecule has 0 unspecified atom stereocenters. The molecular weight excluding hydrogens is 284 g/mol. The zero-order valence-corrected chi connectivity index (χ0v) is 14.8. The monoisotopic (exact) mass is 312 g/mol. The van der Waals surface area contributed by atoms with Crippen LogP contribution in [0.5, 0.6) is 0 Å². The number of benzene rings is 1. The topological polar surface area (TPSA) is 49.4 Å². The molecule has 5 heteroatoms. The van der Waals surface area contributed by atoms with Crippen molar-refractivity contribution < 1.29 is 8.42 Å². The molecule has 0 radical (unpaired) electrons. The molecule has 0 amide bonds. The van der Waals surface area contributed by atoms with Gasteiger partial charge in [-0.1, -0.05) is 26.8 Å². The van der Waals surface area contributed by atoms with Crippen molar-refractivity contribution >= 4 is 10.0 Å². The molecule has 0 aliphatic rings. The molecule has 0 saturated heterocycles. The van der Waals surface area contributed by atoms with E-state index in [1.807, 2.05) is 26.0 Å². The van der Waals surface area contributed by atoms with Crippen LogP contribution in [0.3, 0.4) is 0 Å². The Morgan fingerprint density at radius 1 is 1.14 bits per heavy atom. The van der Waals surface area contributed by atoms with E-state index in [4.69, 9.17) is 0 Å². The largest absolute Gasteiger partial charge is 0.310 e. The van der Waals surface area contributed by atoms with Crippen molar-refractivity contribution in [3.05, 3.63) is 29.3 Å². The standard InChI is InChI=1S/C16H28N2O2S/c1-7-14-8-9-16(10-15(14)11-17-12(2)3)21(19,20)18(6)13(4)5/h8-10,12-13,17H,7,11H2,1-6H3. The molecule has 0 aromatic heterocycles. The Hall–Kier alpha value is -0.910. The van der Waals surface area contributed by atoms with E-state index in [-0.39, 0.29) is 6.04 Å². The SMILES string of the molecule is CCc1ccc(S(=O)(=O)N(C)C(C)C)cc1CNC(C)C. The molecule has 1 aromatic carbocycles. The lowest BCUT2D eigenvalue weighted by Gasteiger charge is -2.22. The van der Waals surface area contributed by atoms with Gasteiger partial charge in [-0.3, -0.25) is 0 Å². The van der Waals surface area contributed by atoms with Crippen LogP contribution in [0.15, 0.2) is 23.1 Å². The van der Waals surface area contributed by atoms with Crippen molar-refractivity contribution in [2.24, 2.45) is 0 Å². The van der Waals surface area contributed by atoms with Gasteiger partial charge in [0.25, 0.3) is 0 Å². The van der Waals surface area contributed by atoms with Gasteiger partial charge >= 0.3 is 0 Å². The molecule has 0 atom stereocenters. The molecule has 4 nitrogen and oxygen atoms in total. The minimum absolute atomic E-state index is 0.0573. The van der Waals surface area contributed by atoms with Gasteiger partial charge in [0.1, 0.15) is 0 Å². The maximum Gasteiger partial charge on any atom is 0.243 e. The molecule has 1 N–H and O–H groups in total. The third-order valence-corrected chi connectivity index (χ3v) is 5.69. The first kappa shape index (κ1) is 18.1. The second-order valence-corrected chi connectivity index (χ2v) is 7.93. The van der Waals surface area contributed by atoms with Crippen LogP contribution in [-0.4, -0.2) is 31.9 Å². The first-order chi connectivity index (χ1) is 9.70. The summed E-state index contributed by atoms with van der Waals surface area (Å²) in [7, 11) is -1.79. The van der Waals surface area contributed by atoms with Gasteiger partial charge in [0, 0.05) is 25.7 Å². The van der Waals surface area contributed by atoms with E-state index in [1.165, 1.54) is 9.87 Å². The smallest absolute Gasteiger partial charge is 0.243 e. The lowest BCUT2D eigenvalue weighted by Crippen LogP contribution is -2.33. The Morgan fingerprint density at radius 3 is 2.24 bits per heavy atom. The summed E-state index contributed by atoms with van der Waals surface area (Å²) in [4.78, 5) is 0.372. The van der Waals surface area contributed by atoms with Crippen molar-refractivity contribution in [1.82, 2.24) is 9.62 Å². The van der Waals surface area contributed by atoms with E-state index >= 15 is 0 Å². The van der Waals surface area contributed by atoms with Gasteiger partial charge in [-0.2, -0.15) is 4.31 Å². The van der Waals surface area contributed by atoms with E-state index < -0.39 is 10.0 Å². The Kier molecular flexibility index (Phi) is 6.38. The highest BCUT2D eigenvalue weighted by molar-refractivity contribution is 7.89. The predicted octanol–water partition coefficient (Wildman–Crippen LogP) is 2.78. The average molecular weight is 312 g/mol. The molecule has 0 saturated carbocycles. The average Bonchev–Trinajstić information content (AvgIpc) is 2.43. The predicted molar refractivity (Wildman–Crippen MR) is 87.9 cm³/mol. The normalized spacial score (nSPS) is 12.6. The maximum atomic E-state index is 12.6. The molecule has 0 spiro atoms. The molecule has 0 bridgehead atoms. The van der Waals surface area contributed by atoms with E-state index in [9.17, 15) is 8.42 Å². The van der Waals surface area contributed by atoms with Gasteiger partial charge < -0.3 is 5.32 Å². The fourth-order valence-corrected chi connectivity index (χ4v) is 3.45. The minimum atomic E-state index is -3.42. The first-order valence-electron chi connectivity index (χ1n) is 7.53. The summed E-state index contributed by atoms with van der Waals surface area (Å²) in [5, 5.41) is 3.36. The molecule has 0 heterocycles. The van der Waals surface area contributed by atoms with Crippen LogP contribution < -0.4 is 5.32 Å². The highest BCUT2D eigenvalue weighted by Crippen LogP contribution is 2.21. The van der Waals surface area contributed by atoms with E-state index in [0.29, 0.717) is 17.5 Å². The van der Waals surface area contributed by atoms with Crippen LogP contribution in [0, 0.1) is 0 Å². The van der Waals surface area contributed by atoms with Gasteiger partial charge in [0.05, 0.1) is 4.90 Å². The van der Waals surface area contributed by atoms with Crippen LogP contribution >= 0.6 is 0 Å². The number of rotatable bonds is 7. The van der Waals surface area contributed by atoms with Crippen LogP contribution in [0.4, 0.5) is 0 Å². The van der Waals surface area contributed by atoms with Crippen LogP contribution in [0.1, 0.15) is 45.7 Å². The number of nitrogens with zero attached hydrogens (tertiary/aromatic N) is 1. The molecule has 0 aliphatic carbocycles. The van der Waals surface area contributed by atoms with Gasteiger partial charge in [-0.25, -0.2) is 8.42 Å². The molecule has 0 fully saturated rings. The number of hydrogen-bond acceptors (Lipinski definition) is 3. The van der Waals surface area contributed by atoms with E-state index in [2.05, 4.69) is 26.1 Å². The zero-order chi connectivity index (χ0) is 16.2. The molecule has 120 valence electrons. The quantitative estimate of drug-likeness (QED) is 0.842. The van der Waals surface area contributed by atoms with Crippen LogP contribution in [-0.2, 0) is 23.0 Å². The highest BCUT2D eigenvalue weighted by atomic mass is 32.2. The summed E-state index contributed by atoms with van der Waals surface area (Å²) >= 11 is 0. The number of nitrogens with one attached hydrogen (secondary N) is 1. The zero-order valence-electron chi connectivity index (χ0n) is 14.0. The van der Waals surface area contributed by atoms with Crippen molar-refractivity contribution in [3.8, 4) is 0 Å². The summed E-state index contributed by atoms with van der Waals surface area (Å²) in [5.41, 5.74) is 2.25. The van der Waals surface area contributed by atoms with Crippen molar-refractivity contribution in [2.45, 2.75) is 64.6 Å². The van der Waals surface area contributed by atoms with E-state index in [0.717, 1.165) is 12.0 Å². The lowest BCUT2D eigenvalue weighted by atomic mass is 10.1.